The maximum Gasteiger partial charge on any atom is 0.326 e. The monoisotopic (exact) mass is 317 g/mol. The van der Waals surface area contributed by atoms with E-state index in [9.17, 15) is 14.4 Å². The Bertz CT molecular complexity index is 405. The van der Waals surface area contributed by atoms with Gasteiger partial charge < -0.3 is 21.1 Å². The summed E-state index contributed by atoms with van der Waals surface area (Å²) in [6.07, 6.45) is 3.59. The fraction of sp³-hybridized carbons (Fsp3) is 0.769. The molecule has 4 N–H and O–H groups in total. The van der Waals surface area contributed by atoms with Crippen LogP contribution in [0.25, 0.3) is 0 Å². The Morgan fingerprint density at radius 1 is 1.43 bits per heavy atom. The number of carboxylic acids is 1. The molecule has 1 fully saturated rings. The van der Waals surface area contributed by atoms with Crippen LogP contribution in [-0.2, 0) is 9.59 Å². The first-order valence-corrected chi connectivity index (χ1v) is 8.34. The molecular formula is C13H23N3O4S. The number of primary amides is 1. The summed E-state index contributed by atoms with van der Waals surface area (Å²) in [5.74, 6) is -1.18. The number of carbonyl (C=O) groups excluding carboxylic acids is 2. The number of piperidine rings is 1. The summed E-state index contributed by atoms with van der Waals surface area (Å²) < 4.78 is 0. The summed E-state index contributed by atoms with van der Waals surface area (Å²) >= 11 is 1.53. The van der Waals surface area contributed by atoms with E-state index in [0.29, 0.717) is 25.0 Å². The van der Waals surface area contributed by atoms with Crippen molar-refractivity contribution in [3.8, 4) is 0 Å². The average molecular weight is 317 g/mol. The van der Waals surface area contributed by atoms with E-state index < -0.39 is 23.9 Å². The van der Waals surface area contributed by atoms with Gasteiger partial charge in [-0.05, 0) is 38.2 Å². The van der Waals surface area contributed by atoms with Crippen LogP contribution in [0.2, 0.25) is 0 Å². The number of rotatable bonds is 6. The lowest BCUT2D eigenvalue weighted by molar-refractivity contribution is -0.139. The molecule has 2 unspecified atom stereocenters. The van der Waals surface area contributed by atoms with Gasteiger partial charge in [0.25, 0.3) is 0 Å². The zero-order chi connectivity index (χ0) is 16.0. The van der Waals surface area contributed by atoms with E-state index in [4.69, 9.17) is 10.8 Å². The second-order valence-electron chi connectivity index (χ2n) is 5.30. The highest BCUT2D eigenvalue weighted by atomic mass is 32.2. The molecule has 120 valence electrons. The third-order valence-electron chi connectivity index (χ3n) is 3.75. The number of amides is 3. The van der Waals surface area contributed by atoms with E-state index in [-0.39, 0.29) is 18.5 Å². The van der Waals surface area contributed by atoms with Crippen LogP contribution in [0, 0.1) is 5.92 Å². The van der Waals surface area contributed by atoms with E-state index in [1.165, 1.54) is 16.7 Å². The maximum absolute atomic E-state index is 12.2. The van der Waals surface area contributed by atoms with Crippen molar-refractivity contribution in [2.75, 3.05) is 18.6 Å². The van der Waals surface area contributed by atoms with Gasteiger partial charge in [-0.3, -0.25) is 4.79 Å². The SMILES string of the molecule is CSCC[C@@H](NC(=O)N1CC(C(N)=O)CCC1C)C(=O)O. The van der Waals surface area contributed by atoms with Crippen molar-refractivity contribution in [2.24, 2.45) is 11.7 Å². The third-order valence-corrected chi connectivity index (χ3v) is 4.40. The molecule has 1 saturated heterocycles. The molecule has 1 heterocycles. The highest BCUT2D eigenvalue weighted by Gasteiger charge is 2.33. The van der Waals surface area contributed by atoms with Crippen molar-refractivity contribution in [1.82, 2.24) is 10.2 Å². The molecular weight excluding hydrogens is 294 g/mol. The predicted molar refractivity (Wildman–Crippen MR) is 81.0 cm³/mol. The van der Waals surface area contributed by atoms with Gasteiger partial charge in [-0.25, -0.2) is 9.59 Å². The van der Waals surface area contributed by atoms with E-state index in [0.717, 1.165) is 0 Å². The van der Waals surface area contributed by atoms with Crippen LogP contribution in [0.3, 0.4) is 0 Å². The molecule has 1 rings (SSSR count). The summed E-state index contributed by atoms with van der Waals surface area (Å²) in [4.78, 5) is 36.2. The summed E-state index contributed by atoms with van der Waals surface area (Å²) in [6, 6.07) is -1.39. The van der Waals surface area contributed by atoms with E-state index in [1.54, 1.807) is 0 Å². The smallest absolute Gasteiger partial charge is 0.326 e. The number of nitrogens with two attached hydrogens (primary N) is 1. The summed E-state index contributed by atoms with van der Waals surface area (Å²) in [5.41, 5.74) is 5.30. The van der Waals surface area contributed by atoms with Crippen LogP contribution in [0.4, 0.5) is 4.79 Å². The standard InChI is InChI=1S/C13H23N3O4S/c1-8-3-4-9(11(14)17)7-16(8)13(20)15-10(12(18)19)5-6-21-2/h8-10H,3-7H2,1-2H3,(H2,14,17)(H,15,20)(H,18,19)/t8?,9?,10-/m1/s1. The van der Waals surface area contributed by atoms with Crippen molar-refractivity contribution in [3.63, 3.8) is 0 Å². The lowest BCUT2D eigenvalue weighted by Gasteiger charge is -2.37. The van der Waals surface area contributed by atoms with Gasteiger partial charge in [0, 0.05) is 12.6 Å². The van der Waals surface area contributed by atoms with Gasteiger partial charge >= 0.3 is 12.0 Å². The van der Waals surface area contributed by atoms with Crippen molar-refractivity contribution < 1.29 is 19.5 Å². The molecule has 0 radical (unpaired) electrons. The van der Waals surface area contributed by atoms with Crippen molar-refractivity contribution in [3.05, 3.63) is 0 Å². The Labute approximate surface area is 128 Å². The normalized spacial score (nSPS) is 23.4. The first kappa shape index (κ1) is 17.6. The minimum atomic E-state index is -1.05. The first-order chi connectivity index (χ1) is 9.86. The van der Waals surface area contributed by atoms with Gasteiger partial charge in [0.15, 0.2) is 0 Å². The van der Waals surface area contributed by atoms with E-state index >= 15 is 0 Å². The number of nitrogens with one attached hydrogen (secondary N) is 1. The number of hydrogen-bond donors (Lipinski definition) is 3. The van der Waals surface area contributed by atoms with E-state index in [1.807, 2.05) is 13.2 Å². The number of likely N-dealkylation sites (tertiary alicyclic amines) is 1. The molecule has 0 aromatic heterocycles. The van der Waals surface area contributed by atoms with Crippen LogP contribution in [0.1, 0.15) is 26.2 Å². The molecule has 3 atom stereocenters. The van der Waals surface area contributed by atoms with Gasteiger partial charge in [-0.2, -0.15) is 11.8 Å². The molecule has 7 nitrogen and oxygen atoms in total. The molecule has 0 aromatic rings. The minimum Gasteiger partial charge on any atom is -0.480 e. The fourth-order valence-electron chi connectivity index (χ4n) is 2.35. The molecule has 8 heteroatoms. The number of urea groups is 1. The molecule has 0 bridgehead atoms. The van der Waals surface area contributed by atoms with Crippen LogP contribution >= 0.6 is 11.8 Å². The maximum atomic E-state index is 12.2. The van der Waals surface area contributed by atoms with Gasteiger partial charge in [0.2, 0.25) is 5.91 Å². The quantitative estimate of drug-likeness (QED) is 0.660. The lowest BCUT2D eigenvalue weighted by Crippen LogP contribution is -2.55. The number of carboxylic acid groups (broad SMARTS) is 1. The molecule has 0 aliphatic carbocycles. The van der Waals surface area contributed by atoms with Crippen molar-refractivity contribution >= 4 is 29.7 Å². The second kappa shape index (κ2) is 8.11. The van der Waals surface area contributed by atoms with Gasteiger partial charge in [0.05, 0.1) is 5.92 Å². The van der Waals surface area contributed by atoms with Gasteiger partial charge in [-0.15, -0.1) is 0 Å². The van der Waals surface area contributed by atoms with Crippen LogP contribution in [0.5, 0.6) is 0 Å². The summed E-state index contributed by atoms with van der Waals surface area (Å²) in [7, 11) is 0. The number of carbonyl (C=O) groups is 3. The fourth-order valence-corrected chi connectivity index (χ4v) is 2.82. The minimum absolute atomic E-state index is 0.0319. The Hall–Kier alpha value is -1.44. The van der Waals surface area contributed by atoms with Crippen molar-refractivity contribution in [2.45, 2.75) is 38.3 Å². The zero-order valence-electron chi connectivity index (χ0n) is 12.4. The Kier molecular flexibility index (Phi) is 6.80. The van der Waals surface area contributed by atoms with Crippen LogP contribution in [0.15, 0.2) is 0 Å². The summed E-state index contributed by atoms with van der Waals surface area (Å²) in [6.45, 7) is 2.13. The second-order valence-corrected chi connectivity index (χ2v) is 6.29. The molecule has 0 saturated carbocycles. The Balaban J connectivity index is 2.66. The largest absolute Gasteiger partial charge is 0.480 e. The number of aliphatic carboxylic acids is 1. The molecule has 0 aromatic carbocycles. The predicted octanol–water partition coefficient (Wildman–Crippen LogP) is 0.488. The van der Waals surface area contributed by atoms with Gasteiger partial charge in [0.1, 0.15) is 6.04 Å². The first-order valence-electron chi connectivity index (χ1n) is 6.95. The lowest BCUT2D eigenvalue weighted by atomic mass is 9.93. The number of hydrogen-bond acceptors (Lipinski definition) is 4. The molecule has 3 amide bonds. The molecule has 1 aliphatic rings. The highest BCUT2D eigenvalue weighted by Crippen LogP contribution is 2.21. The summed E-state index contributed by atoms with van der Waals surface area (Å²) in [5, 5.41) is 11.7. The van der Waals surface area contributed by atoms with E-state index in [2.05, 4.69) is 5.32 Å². The molecule has 0 spiro atoms. The van der Waals surface area contributed by atoms with Crippen LogP contribution < -0.4 is 11.1 Å². The average Bonchev–Trinajstić information content (AvgIpc) is 2.42. The highest BCUT2D eigenvalue weighted by molar-refractivity contribution is 7.98. The molecule has 21 heavy (non-hydrogen) atoms. The van der Waals surface area contributed by atoms with Crippen molar-refractivity contribution in [1.29, 1.82) is 0 Å². The Morgan fingerprint density at radius 2 is 2.10 bits per heavy atom. The topological polar surface area (TPSA) is 113 Å². The number of nitrogens with zero attached hydrogens (tertiary/aromatic N) is 1. The zero-order valence-corrected chi connectivity index (χ0v) is 13.2. The third kappa shape index (κ3) is 5.11. The Morgan fingerprint density at radius 3 is 2.62 bits per heavy atom. The van der Waals surface area contributed by atoms with Crippen LogP contribution in [-0.4, -0.2) is 58.6 Å². The molecule has 1 aliphatic heterocycles. The number of thioether (sulfide) groups is 1. The van der Waals surface area contributed by atoms with Gasteiger partial charge in [-0.1, -0.05) is 0 Å².